The number of hydrogen-bond acceptors (Lipinski definition) is 4. The largest absolute Gasteiger partial charge is 0.466 e. The summed E-state index contributed by atoms with van der Waals surface area (Å²) in [5.74, 6) is 0.374. The van der Waals surface area contributed by atoms with E-state index in [9.17, 15) is 9.59 Å². The lowest BCUT2D eigenvalue weighted by molar-refractivity contribution is -0.143. The van der Waals surface area contributed by atoms with Crippen molar-refractivity contribution in [3.8, 4) is 0 Å². The van der Waals surface area contributed by atoms with Crippen LogP contribution in [0.15, 0.2) is 0 Å². The molecule has 0 aliphatic heterocycles. The van der Waals surface area contributed by atoms with Crippen molar-refractivity contribution in [1.82, 2.24) is 10.2 Å². The summed E-state index contributed by atoms with van der Waals surface area (Å²) in [5, 5.41) is 2.86. The van der Waals surface area contributed by atoms with Gasteiger partial charge in [0.1, 0.15) is 0 Å². The molecule has 1 N–H and O–H groups in total. The molecule has 0 rings (SSSR count). The van der Waals surface area contributed by atoms with Crippen molar-refractivity contribution in [1.29, 1.82) is 0 Å². The average Bonchev–Trinajstić information content (AvgIpc) is 2.26. The summed E-state index contributed by atoms with van der Waals surface area (Å²) >= 11 is 0. The van der Waals surface area contributed by atoms with E-state index in [1.807, 2.05) is 11.9 Å². The van der Waals surface area contributed by atoms with Gasteiger partial charge in [-0.15, -0.1) is 0 Å². The van der Waals surface area contributed by atoms with Gasteiger partial charge in [0.05, 0.1) is 19.6 Å². The third-order valence-corrected chi connectivity index (χ3v) is 2.46. The number of likely N-dealkylation sites (N-methyl/N-ethyl adjacent to an activating group) is 1. The number of rotatable bonds is 9. The molecule has 5 nitrogen and oxygen atoms in total. The molecule has 0 aliphatic rings. The zero-order chi connectivity index (χ0) is 14.0. The SMILES string of the molecule is CCOC(=O)CCN(C)CC(=O)NCCC(C)C. The molecule has 0 spiro atoms. The van der Waals surface area contributed by atoms with Crippen LogP contribution in [0, 0.1) is 5.92 Å². The fourth-order valence-electron chi connectivity index (χ4n) is 1.40. The summed E-state index contributed by atoms with van der Waals surface area (Å²) in [4.78, 5) is 24.5. The van der Waals surface area contributed by atoms with E-state index in [-0.39, 0.29) is 11.9 Å². The van der Waals surface area contributed by atoms with Crippen LogP contribution in [-0.4, -0.2) is 50.1 Å². The van der Waals surface area contributed by atoms with Crippen molar-refractivity contribution in [3.63, 3.8) is 0 Å². The Kier molecular flexibility index (Phi) is 9.28. The molecule has 0 aliphatic carbocycles. The predicted molar refractivity (Wildman–Crippen MR) is 71.2 cm³/mol. The van der Waals surface area contributed by atoms with Gasteiger partial charge in [-0.05, 0) is 26.3 Å². The Morgan fingerprint density at radius 3 is 2.56 bits per heavy atom. The second kappa shape index (κ2) is 9.88. The summed E-state index contributed by atoms with van der Waals surface area (Å²) in [7, 11) is 1.82. The molecule has 0 atom stereocenters. The molecule has 0 aromatic rings. The number of hydrogen-bond donors (Lipinski definition) is 1. The minimum Gasteiger partial charge on any atom is -0.466 e. The van der Waals surface area contributed by atoms with E-state index < -0.39 is 0 Å². The maximum Gasteiger partial charge on any atom is 0.307 e. The van der Waals surface area contributed by atoms with Crippen molar-refractivity contribution in [2.75, 3.05) is 33.3 Å². The summed E-state index contributed by atoms with van der Waals surface area (Å²) < 4.78 is 4.82. The highest BCUT2D eigenvalue weighted by Crippen LogP contribution is 1.96. The third-order valence-electron chi connectivity index (χ3n) is 2.46. The van der Waals surface area contributed by atoms with E-state index in [1.54, 1.807) is 6.92 Å². The van der Waals surface area contributed by atoms with Gasteiger partial charge in [0, 0.05) is 13.1 Å². The number of carbonyl (C=O) groups is 2. The van der Waals surface area contributed by atoms with E-state index in [0.717, 1.165) is 6.42 Å². The Morgan fingerprint density at radius 2 is 2.00 bits per heavy atom. The average molecular weight is 258 g/mol. The van der Waals surface area contributed by atoms with Gasteiger partial charge in [-0.3, -0.25) is 14.5 Å². The summed E-state index contributed by atoms with van der Waals surface area (Å²) in [6.07, 6.45) is 1.31. The fraction of sp³-hybridized carbons (Fsp3) is 0.846. The summed E-state index contributed by atoms with van der Waals surface area (Å²) in [6.45, 7) is 7.99. The van der Waals surface area contributed by atoms with Crippen LogP contribution in [0.5, 0.6) is 0 Å². The maximum atomic E-state index is 11.5. The van der Waals surface area contributed by atoms with E-state index in [1.165, 1.54) is 0 Å². The number of amides is 1. The molecule has 106 valence electrons. The maximum absolute atomic E-state index is 11.5. The first-order valence-electron chi connectivity index (χ1n) is 6.56. The minimum absolute atomic E-state index is 0.00186. The molecular weight excluding hydrogens is 232 g/mol. The highest BCUT2D eigenvalue weighted by atomic mass is 16.5. The predicted octanol–water partition coefficient (Wildman–Crippen LogP) is 1.03. The van der Waals surface area contributed by atoms with E-state index in [2.05, 4.69) is 19.2 Å². The normalized spacial score (nSPS) is 10.8. The Balaban J connectivity index is 3.64. The van der Waals surface area contributed by atoms with Crippen LogP contribution in [0.2, 0.25) is 0 Å². The van der Waals surface area contributed by atoms with Crippen LogP contribution >= 0.6 is 0 Å². The molecule has 0 saturated heterocycles. The van der Waals surface area contributed by atoms with Gasteiger partial charge in [-0.1, -0.05) is 13.8 Å². The smallest absolute Gasteiger partial charge is 0.307 e. The second-order valence-electron chi connectivity index (χ2n) is 4.83. The van der Waals surface area contributed by atoms with Gasteiger partial charge in [-0.25, -0.2) is 0 Å². The van der Waals surface area contributed by atoms with E-state index in [4.69, 9.17) is 4.74 Å². The van der Waals surface area contributed by atoms with Crippen LogP contribution < -0.4 is 5.32 Å². The Bertz CT molecular complexity index is 255. The number of nitrogens with one attached hydrogen (secondary N) is 1. The molecular formula is C13H26N2O3. The minimum atomic E-state index is -0.218. The van der Waals surface area contributed by atoms with E-state index in [0.29, 0.717) is 38.6 Å². The zero-order valence-electron chi connectivity index (χ0n) is 12.0. The van der Waals surface area contributed by atoms with Crippen molar-refractivity contribution in [2.45, 2.75) is 33.6 Å². The quantitative estimate of drug-likeness (QED) is 0.628. The lowest BCUT2D eigenvalue weighted by Gasteiger charge is -2.16. The second-order valence-corrected chi connectivity index (χ2v) is 4.83. The molecule has 18 heavy (non-hydrogen) atoms. The standard InChI is InChI=1S/C13H26N2O3/c1-5-18-13(17)7-9-15(4)10-12(16)14-8-6-11(2)3/h11H,5-10H2,1-4H3,(H,14,16). The lowest BCUT2D eigenvalue weighted by atomic mass is 10.1. The van der Waals surface area contributed by atoms with Crippen LogP contribution in [0.3, 0.4) is 0 Å². The Hall–Kier alpha value is -1.10. The first kappa shape index (κ1) is 16.9. The van der Waals surface area contributed by atoms with Crippen LogP contribution in [-0.2, 0) is 14.3 Å². The Labute approximate surface area is 110 Å². The van der Waals surface area contributed by atoms with Crippen molar-refractivity contribution in [3.05, 3.63) is 0 Å². The van der Waals surface area contributed by atoms with Gasteiger partial charge < -0.3 is 10.1 Å². The van der Waals surface area contributed by atoms with Crippen molar-refractivity contribution >= 4 is 11.9 Å². The van der Waals surface area contributed by atoms with Crippen LogP contribution in [0.25, 0.3) is 0 Å². The molecule has 0 heterocycles. The molecule has 0 radical (unpaired) electrons. The number of esters is 1. The van der Waals surface area contributed by atoms with Gasteiger partial charge >= 0.3 is 5.97 Å². The number of ether oxygens (including phenoxy) is 1. The summed E-state index contributed by atoms with van der Waals surface area (Å²) in [5.41, 5.74) is 0. The molecule has 0 aromatic heterocycles. The number of carbonyl (C=O) groups excluding carboxylic acids is 2. The van der Waals surface area contributed by atoms with Crippen molar-refractivity contribution < 1.29 is 14.3 Å². The van der Waals surface area contributed by atoms with Gasteiger partial charge in [-0.2, -0.15) is 0 Å². The molecule has 0 fully saturated rings. The Morgan fingerprint density at radius 1 is 1.33 bits per heavy atom. The van der Waals surface area contributed by atoms with Crippen LogP contribution in [0.4, 0.5) is 0 Å². The first-order chi connectivity index (χ1) is 8.45. The first-order valence-corrected chi connectivity index (χ1v) is 6.56. The van der Waals surface area contributed by atoms with Gasteiger partial charge in [0.15, 0.2) is 0 Å². The number of nitrogens with zero attached hydrogens (tertiary/aromatic N) is 1. The molecule has 0 unspecified atom stereocenters. The van der Waals surface area contributed by atoms with Gasteiger partial charge in [0.2, 0.25) is 5.91 Å². The third kappa shape index (κ3) is 10.1. The molecule has 0 bridgehead atoms. The molecule has 5 heteroatoms. The monoisotopic (exact) mass is 258 g/mol. The molecule has 1 amide bonds. The fourth-order valence-corrected chi connectivity index (χ4v) is 1.40. The topological polar surface area (TPSA) is 58.6 Å². The highest BCUT2D eigenvalue weighted by Gasteiger charge is 2.09. The van der Waals surface area contributed by atoms with Crippen molar-refractivity contribution in [2.24, 2.45) is 5.92 Å². The molecule has 0 aromatic carbocycles. The zero-order valence-corrected chi connectivity index (χ0v) is 12.0. The van der Waals surface area contributed by atoms with E-state index >= 15 is 0 Å². The highest BCUT2D eigenvalue weighted by molar-refractivity contribution is 5.78. The molecule has 0 saturated carbocycles. The van der Waals surface area contributed by atoms with Crippen LogP contribution in [0.1, 0.15) is 33.6 Å². The van der Waals surface area contributed by atoms with Gasteiger partial charge in [0.25, 0.3) is 0 Å². The lowest BCUT2D eigenvalue weighted by Crippen LogP contribution is -2.36. The summed E-state index contributed by atoms with van der Waals surface area (Å²) in [6, 6.07) is 0.